The molecule has 0 saturated heterocycles. The first-order valence-corrected chi connectivity index (χ1v) is 16.1. The van der Waals surface area contributed by atoms with Crippen molar-refractivity contribution in [2.24, 2.45) is 17.3 Å². The molecule has 0 spiro atoms. The van der Waals surface area contributed by atoms with Crippen molar-refractivity contribution in [2.45, 2.75) is 45.3 Å². The highest BCUT2D eigenvalue weighted by Gasteiger charge is 2.65. The molecule has 4 heteroatoms. The zero-order valence-electron chi connectivity index (χ0n) is 22.4. The Hall–Kier alpha value is -2.34. The van der Waals surface area contributed by atoms with E-state index in [0.717, 1.165) is 6.42 Å². The lowest BCUT2D eigenvalue weighted by atomic mass is 9.43. The second kappa shape index (κ2) is 10.7. The molecule has 4 aromatic carbocycles. The predicted octanol–water partition coefficient (Wildman–Crippen LogP) is 7.31. The molecule has 0 aromatic heterocycles. The summed E-state index contributed by atoms with van der Waals surface area (Å²) in [5.74, 6) is 1.11. The summed E-state index contributed by atoms with van der Waals surface area (Å²) in [7, 11) is -1.97. The summed E-state index contributed by atoms with van der Waals surface area (Å²) in [5.41, 5.74) is -0.162. The molecule has 3 aliphatic rings. The fourth-order valence-corrected chi connectivity index (χ4v) is 10.5. The Kier molecular flexibility index (Phi) is 7.28. The molecule has 3 saturated carbocycles. The van der Waals surface area contributed by atoms with Crippen LogP contribution in [0.1, 0.15) is 33.6 Å². The van der Waals surface area contributed by atoms with Gasteiger partial charge in [-0.25, -0.2) is 0 Å². The lowest BCUT2D eigenvalue weighted by Crippen LogP contribution is -2.67. The van der Waals surface area contributed by atoms with Crippen LogP contribution in [0.15, 0.2) is 121 Å². The van der Waals surface area contributed by atoms with Crippen LogP contribution >= 0.6 is 16.3 Å². The summed E-state index contributed by atoms with van der Waals surface area (Å²) < 4.78 is 14.8. The van der Waals surface area contributed by atoms with Crippen molar-refractivity contribution in [3.05, 3.63) is 121 Å². The van der Waals surface area contributed by atoms with Crippen LogP contribution in [0.25, 0.3) is 0 Å². The van der Waals surface area contributed by atoms with E-state index in [1.54, 1.807) is 0 Å². The maximum Gasteiger partial charge on any atom is 0.100 e. The summed E-state index contributed by atoms with van der Waals surface area (Å²) in [4.78, 5) is 0. The van der Waals surface area contributed by atoms with Gasteiger partial charge in [-0.15, -0.1) is 0 Å². The third-order valence-corrected chi connectivity index (χ3v) is 12.9. The van der Waals surface area contributed by atoms with Gasteiger partial charge < -0.3 is 9.05 Å². The summed E-state index contributed by atoms with van der Waals surface area (Å²) in [6, 6.07) is 43.1. The van der Waals surface area contributed by atoms with Crippen LogP contribution in [0.4, 0.5) is 0 Å². The molecular formula is C34H36O2P2. The van der Waals surface area contributed by atoms with Crippen LogP contribution in [-0.2, 0) is 9.05 Å². The topological polar surface area (TPSA) is 18.5 Å². The highest BCUT2D eigenvalue weighted by molar-refractivity contribution is 7.69. The zero-order chi connectivity index (χ0) is 26.2. The maximum atomic E-state index is 7.47. The van der Waals surface area contributed by atoms with E-state index in [1.165, 1.54) is 27.6 Å². The smallest absolute Gasteiger partial charge is 0.100 e. The van der Waals surface area contributed by atoms with Crippen molar-refractivity contribution in [2.75, 3.05) is 0 Å². The second-order valence-corrected chi connectivity index (χ2v) is 15.0. The highest BCUT2D eigenvalue weighted by atomic mass is 31.1. The Bertz CT molecular complexity index is 1250. The quantitative estimate of drug-likeness (QED) is 0.219. The first-order chi connectivity index (χ1) is 18.5. The van der Waals surface area contributed by atoms with Crippen molar-refractivity contribution in [1.29, 1.82) is 0 Å². The van der Waals surface area contributed by atoms with Crippen LogP contribution in [0, 0.1) is 17.3 Å². The van der Waals surface area contributed by atoms with Gasteiger partial charge in [-0.3, -0.25) is 0 Å². The minimum atomic E-state index is -0.999. The standard InChI is InChI=1S/C34H36O2P2/c1-33(2)26-24-31(33)34(3,36-38(29-20-12-6-13-21-29)30-22-14-7-15-23-30)32(25-26)35-37(27-16-8-4-9-17-27)28-18-10-5-11-19-28/h4-23,26,31-32H,24-25H2,1-3H3/t26-,31-,32+,34-/m1/s1. The Morgan fingerprint density at radius 2 is 0.947 bits per heavy atom. The average Bonchev–Trinajstić information content (AvgIpc) is 2.97. The molecule has 2 nitrogen and oxygen atoms in total. The van der Waals surface area contributed by atoms with Crippen molar-refractivity contribution in [3.8, 4) is 0 Å². The predicted molar refractivity (Wildman–Crippen MR) is 163 cm³/mol. The van der Waals surface area contributed by atoms with Crippen LogP contribution in [-0.4, -0.2) is 11.7 Å². The van der Waals surface area contributed by atoms with E-state index >= 15 is 0 Å². The van der Waals surface area contributed by atoms with Gasteiger partial charge in [0.1, 0.15) is 5.60 Å². The lowest BCUT2D eigenvalue weighted by molar-refractivity contribution is -0.222. The fraction of sp³-hybridized carbons (Fsp3) is 0.294. The van der Waals surface area contributed by atoms with Gasteiger partial charge in [0.25, 0.3) is 0 Å². The molecule has 0 N–H and O–H groups in total. The Morgan fingerprint density at radius 1 is 0.553 bits per heavy atom. The average molecular weight is 539 g/mol. The SMILES string of the molecule is CC1(C)[C@H]2C[C@H](OP(c3ccccc3)c3ccccc3)[C@](C)(OP(c3ccccc3)c3ccccc3)[C@@H]1C2. The second-order valence-electron chi connectivity index (χ2n) is 11.3. The van der Waals surface area contributed by atoms with Gasteiger partial charge >= 0.3 is 0 Å². The van der Waals surface area contributed by atoms with Crippen molar-refractivity contribution in [3.63, 3.8) is 0 Å². The Morgan fingerprint density at radius 3 is 1.34 bits per heavy atom. The summed E-state index contributed by atoms with van der Waals surface area (Å²) in [6.45, 7) is 7.23. The molecule has 4 atom stereocenters. The normalized spacial score (nSPS) is 25.8. The molecule has 0 amide bonds. The van der Waals surface area contributed by atoms with E-state index in [1.807, 2.05) is 0 Å². The highest BCUT2D eigenvalue weighted by Crippen LogP contribution is 2.67. The van der Waals surface area contributed by atoms with Crippen molar-refractivity contribution >= 4 is 37.5 Å². The minimum Gasteiger partial charge on any atom is -0.343 e. The summed E-state index contributed by atoms with van der Waals surface area (Å²) >= 11 is 0. The van der Waals surface area contributed by atoms with Crippen LogP contribution < -0.4 is 21.2 Å². The van der Waals surface area contributed by atoms with Crippen LogP contribution in [0.5, 0.6) is 0 Å². The monoisotopic (exact) mass is 538 g/mol. The summed E-state index contributed by atoms with van der Waals surface area (Å²) in [6.07, 6.45) is 2.26. The minimum absolute atomic E-state index is 0.0169. The van der Waals surface area contributed by atoms with E-state index in [2.05, 4.69) is 142 Å². The molecule has 0 unspecified atom stereocenters. The molecular weight excluding hydrogens is 502 g/mol. The molecule has 3 aliphatic carbocycles. The van der Waals surface area contributed by atoms with Crippen LogP contribution in [0.2, 0.25) is 0 Å². The van der Waals surface area contributed by atoms with Gasteiger partial charge in [0.05, 0.1) is 22.4 Å². The van der Waals surface area contributed by atoms with Gasteiger partial charge in [0, 0.05) is 21.2 Å². The van der Waals surface area contributed by atoms with Crippen molar-refractivity contribution in [1.82, 2.24) is 0 Å². The molecule has 7 rings (SSSR count). The van der Waals surface area contributed by atoms with Gasteiger partial charge in [-0.2, -0.15) is 0 Å². The number of hydrogen-bond donors (Lipinski definition) is 0. The van der Waals surface area contributed by atoms with E-state index in [0.29, 0.717) is 11.8 Å². The first kappa shape index (κ1) is 25.9. The van der Waals surface area contributed by atoms with Gasteiger partial charge in [-0.1, -0.05) is 135 Å². The molecule has 0 radical (unpaired) electrons. The molecule has 0 heterocycles. The molecule has 4 aromatic rings. The van der Waals surface area contributed by atoms with Gasteiger partial charge in [0.15, 0.2) is 0 Å². The third-order valence-electron chi connectivity index (χ3n) is 8.78. The first-order valence-electron chi connectivity index (χ1n) is 13.6. The number of hydrogen-bond acceptors (Lipinski definition) is 2. The van der Waals surface area contributed by atoms with E-state index in [-0.39, 0.29) is 11.5 Å². The van der Waals surface area contributed by atoms with Gasteiger partial charge in [0.2, 0.25) is 0 Å². The van der Waals surface area contributed by atoms with Crippen molar-refractivity contribution < 1.29 is 9.05 Å². The molecule has 0 aliphatic heterocycles. The largest absolute Gasteiger partial charge is 0.343 e. The van der Waals surface area contributed by atoms with E-state index < -0.39 is 21.9 Å². The summed E-state index contributed by atoms with van der Waals surface area (Å²) in [5, 5.41) is 5.01. The Balaban J connectivity index is 1.40. The maximum absolute atomic E-state index is 7.47. The van der Waals surface area contributed by atoms with E-state index in [9.17, 15) is 0 Å². The molecule has 2 bridgehead atoms. The Labute approximate surface area is 230 Å². The molecule has 194 valence electrons. The third kappa shape index (κ3) is 4.78. The zero-order valence-corrected chi connectivity index (χ0v) is 24.2. The molecule has 38 heavy (non-hydrogen) atoms. The number of benzene rings is 4. The van der Waals surface area contributed by atoms with Gasteiger partial charge in [-0.05, 0) is 37.0 Å². The van der Waals surface area contributed by atoms with Crippen LogP contribution in [0.3, 0.4) is 0 Å². The number of rotatable bonds is 8. The van der Waals surface area contributed by atoms with E-state index in [4.69, 9.17) is 9.05 Å². The number of fused-ring (bicyclic) bond motifs is 2. The fourth-order valence-electron chi connectivity index (χ4n) is 6.48. The molecule has 3 fully saturated rings. The lowest BCUT2D eigenvalue weighted by Gasteiger charge is -2.66.